The highest BCUT2D eigenvalue weighted by Crippen LogP contribution is 2.23. The predicted molar refractivity (Wildman–Crippen MR) is 79.1 cm³/mol. The number of benzene rings is 1. The molecule has 110 valence electrons. The highest BCUT2D eigenvalue weighted by molar-refractivity contribution is 6.02. The molecule has 0 saturated carbocycles. The molecular formula is C15H22N2O3. The van der Waals surface area contributed by atoms with Crippen molar-refractivity contribution < 1.29 is 14.3 Å². The maximum Gasteiger partial charge on any atom is 0.340 e. The van der Waals surface area contributed by atoms with Crippen molar-refractivity contribution in [1.82, 2.24) is 4.90 Å². The molecule has 5 nitrogen and oxygen atoms in total. The number of nitrogens with one attached hydrogen (secondary N) is 1. The first-order chi connectivity index (χ1) is 9.35. The molecule has 0 saturated heterocycles. The summed E-state index contributed by atoms with van der Waals surface area (Å²) in [6.07, 6.45) is 0. The van der Waals surface area contributed by atoms with Gasteiger partial charge in [0.25, 0.3) is 0 Å². The third-order valence-corrected chi connectivity index (χ3v) is 2.70. The van der Waals surface area contributed by atoms with Crippen molar-refractivity contribution in [2.24, 2.45) is 0 Å². The first kappa shape index (κ1) is 16.2. The van der Waals surface area contributed by atoms with E-state index in [1.165, 1.54) is 0 Å². The Hall–Kier alpha value is -1.88. The van der Waals surface area contributed by atoms with Gasteiger partial charge in [-0.25, -0.2) is 4.79 Å². The summed E-state index contributed by atoms with van der Waals surface area (Å²) in [6, 6.07) is 3.66. The van der Waals surface area contributed by atoms with Crippen LogP contribution in [0.1, 0.15) is 28.4 Å². The molecule has 1 aromatic rings. The Labute approximate surface area is 119 Å². The van der Waals surface area contributed by atoms with E-state index < -0.39 is 5.97 Å². The maximum absolute atomic E-state index is 12.0. The number of rotatable bonds is 5. The Balaban J connectivity index is 3.10. The van der Waals surface area contributed by atoms with Crippen LogP contribution in [0.2, 0.25) is 0 Å². The molecule has 1 N–H and O–H groups in total. The number of amides is 1. The highest BCUT2D eigenvalue weighted by Gasteiger charge is 2.17. The first-order valence-corrected chi connectivity index (χ1v) is 6.58. The molecule has 1 rings (SSSR count). The van der Waals surface area contributed by atoms with E-state index in [2.05, 4.69) is 5.32 Å². The van der Waals surface area contributed by atoms with Crippen molar-refractivity contribution in [3.8, 4) is 0 Å². The Morgan fingerprint density at radius 3 is 2.45 bits per heavy atom. The lowest BCUT2D eigenvalue weighted by atomic mass is 10.0. The summed E-state index contributed by atoms with van der Waals surface area (Å²) < 4.78 is 5.04. The number of hydrogen-bond acceptors (Lipinski definition) is 4. The van der Waals surface area contributed by atoms with Gasteiger partial charge in [0.15, 0.2) is 0 Å². The molecule has 1 amide bonds. The zero-order chi connectivity index (χ0) is 15.3. The summed E-state index contributed by atoms with van der Waals surface area (Å²) in [4.78, 5) is 25.6. The number of ether oxygens (including phenoxy) is 1. The van der Waals surface area contributed by atoms with Crippen LogP contribution in [0.15, 0.2) is 12.1 Å². The quantitative estimate of drug-likeness (QED) is 0.837. The molecule has 0 heterocycles. The fourth-order valence-corrected chi connectivity index (χ4v) is 1.97. The summed E-state index contributed by atoms with van der Waals surface area (Å²) >= 11 is 0. The number of nitrogens with zero attached hydrogens (tertiary/aromatic N) is 1. The van der Waals surface area contributed by atoms with E-state index in [9.17, 15) is 9.59 Å². The summed E-state index contributed by atoms with van der Waals surface area (Å²) in [7, 11) is 3.63. The number of hydrogen-bond donors (Lipinski definition) is 1. The van der Waals surface area contributed by atoms with Gasteiger partial charge in [-0.3, -0.25) is 4.79 Å². The number of carbonyl (C=O) groups excluding carboxylic acids is 2. The summed E-state index contributed by atoms with van der Waals surface area (Å²) in [5, 5.41) is 2.80. The van der Waals surface area contributed by atoms with Gasteiger partial charge in [0, 0.05) is 0 Å². The standard InChI is InChI=1S/C15H22N2O3/c1-6-20-15(19)12-8-10(2)7-11(3)14(12)16-13(18)9-17(4)5/h7-8H,6,9H2,1-5H3,(H,16,18). The predicted octanol–water partition coefficient (Wildman–Crippen LogP) is 1.98. The van der Waals surface area contributed by atoms with Crippen molar-refractivity contribution >= 4 is 17.6 Å². The zero-order valence-electron chi connectivity index (χ0n) is 12.7. The van der Waals surface area contributed by atoms with Gasteiger partial charge in [0.05, 0.1) is 24.4 Å². The molecule has 0 fully saturated rings. The van der Waals surface area contributed by atoms with Gasteiger partial charge < -0.3 is 15.0 Å². The molecule has 0 radical (unpaired) electrons. The number of esters is 1. The van der Waals surface area contributed by atoms with Gasteiger partial charge in [-0.15, -0.1) is 0 Å². The summed E-state index contributed by atoms with van der Waals surface area (Å²) in [6.45, 7) is 6.08. The second kappa shape index (κ2) is 7.05. The van der Waals surface area contributed by atoms with E-state index in [-0.39, 0.29) is 12.5 Å². The topological polar surface area (TPSA) is 58.6 Å². The van der Waals surface area contributed by atoms with Crippen LogP contribution in [0, 0.1) is 13.8 Å². The summed E-state index contributed by atoms with van der Waals surface area (Å²) in [5.41, 5.74) is 2.73. The number of carbonyl (C=O) groups is 2. The van der Waals surface area contributed by atoms with Crippen LogP contribution in [-0.4, -0.2) is 44.0 Å². The SMILES string of the molecule is CCOC(=O)c1cc(C)cc(C)c1NC(=O)CN(C)C. The van der Waals surface area contributed by atoms with E-state index in [0.29, 0.717) is 17.9 Å². The fourth-order valence-electron chi connectivity index (χ4n) is 1.97. The smallest absolute Gasteiger partial charge is 0.340 e. The van der Waals surface area contributed by atoms with Crippen molar-refractivity contribution in [2.45, 2.75) is 20.8 Å². The molecule has 0 aliphatic carbocycles. The Morgan fingerprint density at radius 1 is 1.25 bits per heavy atom. The van der Waals surface area contributed by atoms with Crippen LogP contribution in [0.25, 0.3) is 0 Å². The number of aryl methyl sites for hydroxylation is 2. The van der Waals surface area contributed by atoms with Crippen molar-refractivity contribution in [1.29, 1.82) is 0 Å². The third-order valence-electron chi connectivity index (χ3n) is 2.70. The van der Waals surface area contributed by atoms with Crippen molar-refractivity contribution in [2.75, 3.05) is 32.6 Å². The van der Waals surface area contributed by atoms with Gasteiger partial charge >= 0.3 is 5.97 Å². The molecule has 0 unspecified atom stereocenters. The minimum absolute atomic E-state index is 0.160. The molecule has 0 aliphatic heterocycles. The first-order valence-electron chi connectivity index (χ1n) is 6.58. The summed E-state index contributed by atoms with van der Waals surface area (Å²) in [5.74, 6) is -0.577. The molecular weight excluding hydrogens is 256 g/mol. The average molecular weight is 278 g/mol. The number of likely N-dealkylation sites (N-methyl/N-ethyl adjacent to an activating group) is 1. The lowest BCUT2D eigenvalue weighted by molar-refractivity contribution is -0.116. The van der Waals surface area contributed by atoms with Crippen LogP contribution in [0.4, 0.5) is 5.69 Å². The minimum atomic E-state index is -0.417. The normalized spacial score (nSPS) is 10.5. The molecule has 1 aromatic carbocycles. The average Bonchev–Trinajstić information content (AvgIpc) is 2.31. The Bertz CT molecular complexity index is 510. The van der Waals surface area contributed by atoms with Crippen LogP contribution in [-0.2, 0) is 9.53 Å². The van der Waals surface area contributed by atoms with Crippen LogP contribution in [0.5, 0.6) is 0 Å². The minimum Gasteiger partial charge on any atom is -0.462 e. The van der Waals surface area contributed by atoms with Crippen LogP contribution >= 0.6 is 0 Å². The maximum atomic E-state index is 12.0. The Morgan fingerprint density at radius 2 is 1.90 bits per heavy atom. The lowest BCUT2D eigenvalue weighted by Crippen LogP contribution is -2.28. The number of anilines is 1. The molecule has 5 heteroatoms. The molecule has 0 atom stereocenters. The van der Waals surface area contributed by atoms with Gasteiger partial charge in [-0.05, 0) is 52.1 Å². The van der Waals surface area contributed by atoms with E-state index in [1.807, 2.05) is 34.0 Å². The monoisotopic (exact) mass is 278 g/mol. The van der Waals surface area contributed by atoms with Crippen molar-refractivity contribution in [3.63, 3.8) is 0 Å². The van der Waals surface area contributed by atoms with Gasteiger partial charge in [-0.2, -0.15) is 0 Å². The van der Waals surface area contributed by atoms with Crippen molar-refractivity contribution in [3.05, 3.63) is 28.8 Å². The third kappa shape index (κ3) is 4.35. The Kier molecular flexibility index (Phi) is 5.70. The largest absolute Gasteiger partial charge is 0.462 e. The van der Waals surface area contributed by atoms with E-state index in [1.54, 1.807) is 17.9 Å². The van der Waals surface area contributed by atoms with E-state index in [0.717, 1.165) is 11.1 Å². The van der Waals surface area contributed by atoms with Gasteiger partial charge in [0.1, 0.15) is 0 Å². The van der Waals surface area contributed by atoms with Gasteiger partial charge in [0.2, 0.25) is 5.91 Å². The second-order valence-corrected chi connectivity index (χ2v) is 5.01. The zero-order valence-corrected chi connectivity index (χ0v) is 12.7. The van der Waals surface area contributed by atoms with Crippen LogP contribution in [0.3, 0.4) is 0 Å². The molecule has 0 spiro atoms. The molecule has 20 heavy (non-hydrogen) atoms. The second-order valence-electron chi connectivity index (χ2n) is 5.01. The van der Waals surface area contributed by atoms with E-state index in [4.69, 9.17) is 4.74 Å². The van der Waals surface area contributed by atoms with Gasteiger partial charge in [-0.1, -0.05) is 6.07 Å². The van der Waals surface area contributed by atoms with Crippen LogP contribution < -0.4 is 5.32 Å². The molecule has 0 aromatic heterocycles. The molecule has 0 bridgehead atoms. The lowest BCUT2D eigenvalue weighted by Gasteiger charge is -2.16. The fraction of sp³-hybridized carbons (Fsp3) is 0.467. The van der Waals surface area contributed by atoms with E-state index >= 15 is 0 Å². The molecule has 0 aliphatic rings. The highest BCUT2D eigenvalue weighted by atomic mass is 16.5.